The molecule has 3 aromatic heterocycles. The molecular weight excluding hydrogens is 300 g/mol. The van der Waals surface area contributed by atoms with E-state index in [0.29, 0.717) is 23.8 Å². The average molecular weight is 314 g/mol. The van der Waals surface area contributed by atoms with E-state index in [4.69, 9.17) is 13.7 Å². The third-order valence-corrected chi connectivity index (χ3v) is 3.65. The van der Waals surface area contributed by atoms with Gasteiger partial charge in [0.15, 0.2) is 11.5 Å². The minimum absolute atomic E-state index is 0.174. The lowest BCUT2D eigenvalue weighted by Crippen LogP contribution is -2.12. The predicted molar refractivity (Wildman–Crippen MR) is 78.9 cm³/mol. The standard InChI is InChI=1S/C15H14N4O4/c20-15(12-6-14(23-18-12)13-2-1-4-22-13)17-10-7-16-19(8-10)11-3-5-21-9-11/h1-2,4,6-8,11H,3,5,9H2,(H,17,20). The number of nitrogens with zero attached hydrogens (tertiary/aromatic N) is 3. The Bertz CT molecular complexity index is 799. The Hall–Kier alpha value is -2.87. The van der Waals surface area contributed by atoms with Crippen LogP contribution in [0, 0.1) is 0 Å². The number of furan rings is 1. The number of anilines is 1. The second-order valence-corrected chi connectivity index (χ2v) is 5.23. The van der Waals surface area contributed by atoms with Crippen molar-refractivity contribution in [3.05, 3.63) is 42.5 Å². The van der Waals surface area contributed by atoms with Gasteiger partial charge in [0.25, 0.3) is 5.91 Å². The number of hydrogen-bond donors (Lipinski definition) is 1. The van der Waals surface area contributed by atoms with Crippen molar-refractivity contribution in [2.75, 3.05) is 18.5 Å². The van der Waals surface area contributed by atoms with Crippen molar-refractivity contribution in [3.63, 3.8) is 0 Å². The molecule has 1 fully saturated rings. The van der Waals surface area contributed by atoms with E-state index in [9.17, 15) is 4.79 Å². The first kappa shape index (κ1) is 13.8. The second-order valence-electron chi connectivity index (χ2n) is 5.23. The van der Waals surface area contributed by atoms with Gasteiger partial charge in [0.1, 0.15) is 0 Å². The number of aromatic nitrogens is 3. The zero-order valence-corrected chi connectivity index (χ0v) is 12.1. The number of hydrogen-bond acceptors (Lipinski definition) is 6. The van der Waals surface area contributed by atoms with E-state index in [1.54, 1.807) is 29.2 Å². The first-order valence-corrected chi connectivity index (χ1v) is 7.23. The maximum Gasteiger partial charge on any atom is 0.277 e. The maximum atomic E-state index is 12.2. The smallest absolute Gasteiger partial charge is 0.277 e. The molecule has 1 atom stereocenters. The van der Waals surface area contributed by atoms with E-state index in [1.807, 2.05) is 0 Å². The monoisotopic (exact) mass is 314 g/mol. The van der Waals surface area contributed by atoms with Crippen molar-refractivity contribution in [1.29, 1.82) is 0 Å². The van der Waals surface area contributed by atoms with Gasteiger partial charge in [-0.25, -0.2) is 0 Å². The summed E-state index contributed by atoms with van der Waals surface area (Å²) in [5.41, 5.74) is 0.776. The Morgan fingerprint density at radius 1 is 1.39 bits per heavy atom. The Labute approximate surface area is 131 Å². The first-order chi connectivity index (χ1) is 11.3. The van der Waals surface area contributed by atoms with Crippen LogP contribution in [0.15, 0.2) is 45.8 Å². The normalized spacial score (nSPS) is 17.5. The van der Waals surface area contributed by atoms with Crippen LogP contribution in [0.1, 0.15) is 23.0 Å². The van der Waals surface area contributed by atoms with Gasteiger partial charge in [-0.1, -0.05) is 5.16 Å². The Morgan fingerprint density at radius 3 is 3.13 bits per heavy atom. The quantitative estimate of drug-likeness (QED) is 0.794. The predicted octanol–water partition coefficient (Wildman–Crippen LogP) is 2.34. The lowest BCUT2D eigenvalue weighted by atomic mass is 10.3. The molecule has 1 unspecified atom stereocenters. The molecule has 1 N–H and O–H groups in total. The highest BCUT2D eigenvalue weighted by Gasteiger charge is 2.20. The lowest BCUT2D eigenvalue weighted by molar-refractivity contribution is 0.101. The van der Waals surface area contributed by atoms with Gasteiger partial charge in [0.05, 0.1) is 30.8 Å². The van der Waals surface area contributed by atoms with Crippen LogP contribution in [-0.4, -0.2) is 34.1 Å². The molecule has 0 aromatic carbocycles. The summed E-state index contributed by atoms with van der Waals surface area (Å²) in [5, 5.41) is 10.8. The van der Waals surface area contributed by atoms with Crippen LogP contribution in [0.3, 0.4) is 0 Å². The van der Waals surface area contributed by atoms with Gasteiger partial charge >= 0.3 is 0 Å². The third-order valence-electron chi connectivity index (χ3n) is 3.65. The molecule has 0 bridgehead atoms. The van der Waals surface area contributed by atoms with E-state index >= 15 is 0 Å². The molecule has 0 aliphatic carbocycles. The first-order valence-electron chi connectivity index (χ1n) is 7.23. The van der Waals surface area contributed by atoms with Crippen molar-refractivity contribution < 1.29 is 18.5 Å². The average Bonchev–Trinajstić information content (AvgIpc) is 3.30. The summed E-state index contributed by atoms with van der Waals surface area (Å²) in [4.78, 5) is 12.2. The molecule has 0 saturated carbocycles. The fraction of sp³-hybridized carbons (Fsp3) is 0.267. The molecule has 1 aliphatic rings. The van der Waals surface area contributed by atoms with Crippen LogP contribution in [0.25, 0.3) is 11.5 Å². The van der Waals surface area contributed by atoms with Gasteiger partial charge in [-0.2, -0.15) is 5.10 Å². The molecule has 4 rings (SSSR count). The van der Waals surface area contributed by atoms with Crippen molar-refractivity contribution in [2.24, 2.45) is 0 Å². The molecular formula is C15H14N4O4. The Balaban J connectivity index is 1.45. The van der Waals surface area contributed by atoms with Gasteiger partial charge < -0.3 is 19.0 Å². The number of carbonyl (C=O) groups is 1. The minimum Gasteiger partial charge on any atom is -0.461 e. The van der Waals surface area contributed by atoms with Gasteiger partial charge in [-0.05, 0) is 18.6 Å². The number of amides is 1. The van der Waals surface area contributed by atoms with Gasteiger partial charge in [0.2, 0.25) is 5.76 Å². The summed E-state index contributed by atoms with van der Waals surface area (Å²) in [6.45, 7) is 1.38. The van der Waals surface area contributed by atoms with E-state index in [2.05, 4.69) is 15.6 Å². The highest BCUT2D eigenvalue weighted by molar-refractivity contribution is 6.03. The van der Waals surface area contributed by atoms with E-state index in [-0.39, 0.29) is 17.6 Å². The molecule has 8 heteroatoms. The van der Waals surface area contributed by atoms with E-state index < -0.39 is 0 Å². The van der Waals surface area contributed by atoms with Crippen molar-refractivity contribution in [3.8, 4) is 11.5 Å². The molecule has 3 aromatic rings. The molecule has 1 aliphatic heterocycles. The van der Waals surface area contributed by atoms with Crippen LogP contribution in [0.4, 0.5) is 5.69 Å². The van der Waals surface area contributed by atoms with Crippen molar-refractivity contribution >= 4 is 11.6 Å². The van der Waals surface area contributed by atoms with Crippen molar-refractivity contribution in [1.82, 2.24) is 14.9 Å². The number of rotatable bonds is 4. The summed E-state index contributed by atoms with van der Waals surface area (Å²) in [7, 11) is 0. The van der Waals surface area contributed by atoms with Crippen LogP contribution < -0.4 is 5.32 Å². The molecule has 118 valence electrons. The highest BCUT2D eigenvalue weighted by Crippen LogP contribution is 2.22. The van der Waals surface area contributed by atoms with Crippen molar-refractivity contribution in [2.45, 2.75) is 12.5 Å². The topological polar surface area (TPSA) is 95.3 Å². The van der Waals surface area contributed by atoms with E-state index in [0.717, 1.165) is 13.0 Å². The number of nitrogens with one attached hydrogen (secondary N) is 1. The maximum absolute atomic E-state index is 12.2. The fourth-order valence-corrected chi connectivity index (χ4v) is 2.45. The van der Waals surface area contributed by atoms with E-state index in [1.165, 1.54) is 12.3 Å². The largest absolute Gasteiger partial charge is 0.461 e. The summed E-state index contributed by atoms with van der Waals surface area (Å²) in [6, 6.07) is 5.22. The molecule has 1 saturated heterocycles. The number of ether oxygens (including phenoxy) is 1. The molecule has 23 heavy (non-hydrogen) atoms. The fourth-order valence-electron chi connectivity index (χ4n) is 2.45. The summed E-state index contributed by atoms with van der Waals surface area (Å²) in [6.07, 6.45) is 5.83. The summed E-state index contributed by atoms with van der Waals surface area (Å²) < 4.78 is 17.4. The van der Waals surface area contributed by atoms with Gasteiger partial charge in [-0.3, -0.25) is 9.48 Å². The lowest BCUT2D eigenvalue weighted by Gasteiger charge is -2.06. The Kier molecular flexibility index (Phi) is 3.43. The molecule has 0 spiro atoms. The Morgan fingerprint density at radius 2 is 2.35 bits per heavy atom. The highest BCUT2D eigenvalue weighted by atomic mass is 16.5. The van der Waals surface area contributed by atoms with Crippen LogP contribution in [0.2, 0.25) is 0 Å². The summed E-state index contributed by atoms with van der Waals surface area (Å²) >= 11 is 0. The molecule has 1 amide bonds. The summed E-state index contributed by atoms with van der Waals surface area (Å²) in [5.74, 6) is 0.554. The van der Waals surface area contributed by atoms with Crippen LogP contribution in [0.5, 0.6) is 0 Å². The zero-order chi connectivity index (χ0) is 15.6. The SMILES string of the molecule is O=C(Nc1cnn(C2CCOC2)c1)c1cc(-c2ccco2)on1. The molecule has 8 nitrogen and oxygen atoms in total. The van der Waals surface area contributed by atoms with Crippen LogP contribution in [-0.2, 0) is 4.74 Å². The zero-order valence-electron chi connectivity index (χ0n) is 12.1. The third kappa shape index (κ3) is 2.76. The molecule has 4 heterocycles. The number of carbonyl (C=O) groups excluding carboxylic acids is 1. The van der Waals surface area contributed by atoms with Gasteiger partial charge in [-0.15, -0.1) is 0 Å². The molecule has 0 radical (unpaired) electrons. The van der Waals surface area contributed by atoms with Crippen LogP contribution >= 0.6 is 0 Å². The second kappa shape index (κ2) is 5.73. The minimum atomic E-state index is -0.367. The van der Waals surface area contributed by atoms with Gasteiger partial charge in [0, 0.05) is 18.9 Å².